The second kappa shape index (κ2) is 11.1. The van der Waals surface area contributed by atoms with Crippen LogP contribution in [0.4, 0.5) is 0 Å². The predicted octanol–water partition coefficient (Wildman–Crippen LogP) is 1.96. The number of ether oxygens (including phenoxy) is 2. The molecule has 2 aliphatic rings. The molecule has 180 valence electrons. The lowest BCUT2D eigenvalue weighted by molar-refractivity contribution is -0.0440. The molecule has 3 atom stereocenters. The van der Waals surface area contributed by atoms with Crippen LogP contribution < -0.4 is 5.32 Å². The van der Waals surface area contributed by atoms with Crippen LogP contribution in [0.15, 0.2) is 29.2 Å². The highest BCUT2D eigenvalue weighted by molar-refractivity contribution is 7.89. The third kappa shape index (κ3) is 6.51. The van der Waals surface area contributed by atoms with Gasteiger partial charge in [-0.25, -0.2) is 8.42 Å². The molecule has 0 spiro atoms. The monoisotopic (exact) mass is 467 g/mol. The summed E-state index contributed by atoms with van der Waals surface area (Å²) in [5, 5.41) is 3.04. The molecule has 1 aromatic carbocycles. The molecule has 3 unspecified atom stereocenters. The molecule has 0 radical (unpaired) electrons. The van der Waals surface area contributed by atoms with Crippen molar-refractivity contribution < 1.29 is 22.7 Å². The summed E-state index contributed by atoms with van der Waals surface area (Å²) >= 11 is 0. The number of rotatable bonds is 8. The number of sulfonamides is 1. The molecule has 3 rings (SSSR count). The molecule has 8 nitrogen and oxygen atoms in total. The minimum atomic E-state index is -3.62. The molecule has 2 aliphatic heterocycles. The molecule has 0 aromatic heterocycles. The number of amides is 1. The Bertz CT molecular complexity index is 843. The molecular weight excluding hydrogens is 430 g/mol. The molecule has 2 heterocycles. The van der Waals surface area contributed by atoms with Gasteiger partial charge in [0, 0.05) is 44.3 Å². The van der Waals surface area contributed by atoms with Crippen LogP contribution in [0.3, 0.4) is 0 Å². The van der Waals surface area contributed by atoms with Gasteiger partial charge in [-0.3, -0.25) is 9.69 Å². The van der Waals surface area contributed by atoms with Gasteiger partial charge >= 0.3 is 0 Å². The van der Waals surface area contributed by atoms with Crippen LogP contribution in [0.1, 0.15) is 44.5 Å². The van der Waals surface area contributed by atoms with Gasteiger partial charge in [0.05, 0.1) is 30.3 Å². The van der Waals surface area contributed by atoms with Crippen LogP contribution in [-0.4, -0.2) is 87.7 Å². The summed E-state index contributed by atoms with van der Waals surface area (Å²) in [5.74, 6) is 0.333. The van der Waals surface area contributed by atoms with E-state index in [1.807, 2.05) is 13.8 Å². The van der Waals surface area contributed by atoms with Crippen molar-refractivity contribution in [3.63, 3.8) is 0 Å². The van der Waals surface area contributed by atoms with Gasteiger partial charge in [-0.2, -0.15) is 4.31 Å². The zero-order valence-corrected chi connectivity index (χ0v) is 20.4. The first-order chi connectivity index (χ1) is 15.2. The van der Waals surface area contributed by atoms with E-state index in [0.717, 1.165) is 32.7 Å². The van der Waals surface area contributed by atoms with Crippen molar-refractivity contribution in [2.75, 3.05) is 45.9 Å². The Balaban J connectivity index is 1.62. The maximum absolute atomic E-state index is 13.0. The van der Waals surface area contributed by atoms with Crippen LogP contribution >= 0.6 is 0 Å². The van der Waals surface area contributed by atoms with E-state index in [0.29, 0.717) is 31.1 Å². The largest absolute Gasteiger partial charge is 0.379 e. The normalized spacial score (nSPS) is 24.4. The summed E-state index contributed by atoms with van der Waals surface area (Å²) < 4.78 is 38.6. The Hall–Kier alpha value is -1.52. The SMILES string of the molecule is CC(C)CC(CNC(=O)c1ccc(S(=O)(=O)N2CC(C)OC(C)C2)cc1)N1CCOCC1. The maximum atomic E-state index is 13.0. The summed E-state index contributed by atoms with van der Waals surface area (Å²) in [6.07, 6.45) is 0.695. The Morgan fingerprint density at radius 3 is 2.25 bits per heavy atom. The van der Waals surface area contributed by atoms with Crippen molar-refractivity contribution in [2.24, 2.45) is 5.92 Å². The standard InChI is InChI=1S/C23H37N3O5S/c1-17(2)13-21(25-9-11-30-12-10-25)14-24-23(27)20-5-7-22(8-6-20)32(28,29)26-15-18(3)31-19(4)16-26/h5-8,17-19,21H,9-16H2,1-4H3,(H,24,27). The van der Waals surface area contributed by atoms with Crippen LogP contribution in [0, 0.1) is 5.92 Å². The molecule has 1 aromatic rings. The first-order valence-electron chi connectivity index (χ1n) is 11.5. The molecule has 9 heteroatoms. The maximum Gasteiger partial charge on any atom is 0.251 e. The third-order valence-electron chi connectivity index (χ3n) is 5.94. The Morgan fingerprint density at radius 1 is 1.09 bits per heavy atom. The van der Waals surface area contributed by atoms with E-state index in [4.69, 9.17) is 9.47 Å². The van der Waals surface area contributed by atoms with E-state index >= 15 is 0 Å². The molecule has 0 saturated carbocycles. The molecular formula is C23H37N3O5S. The molecule has 1 N–H and O–H groups in total. The smallest absolute Gasteiger partial charge is 0.251 e. The lowest BCUT2D eigenvalue weighted by Crippen LogP contribution is -2.49. The van der Waals surface area contributed by atoms with Gasteiger partial charge in [0.25, 0.3) is 5.91 Å². The molecule has 0 aliphatic carbocycles. The van der Waals surface area contributed by atoms with Crippen molar-refractivity contribution >= 4 is 15.9 Å². The number of carbonyl (C=O) groups is 1. The predicted molar refractivity (Wildman–Crippen MR) is 123 cm³/mol. The zero-order valence-electron chi connectivity index (χ0n) is 19.6. The first kappa shape index (κ1) is 25.1. The zero-order chi connectivity index (χ0) is 23.3. The van der Waals surface area contributed by atoms with Crippen LogP contribution in [0.2, 0.25) is 0 Å². The number of hydrogen-bond donors (Lipinski definition) is 1. The molecule has 2 saturated heterocycles. The highest BCUT2D eigenvalue weighted by atomic mass is 32.2. The van der Waals surface area contributed by atoms with Crippen molar-refractivity contribution in [1.29, 1.82) is 0 Å². The van der Waals surface area contributed by atoms with Gasteiger partial charge in [-0.05, 0) is 50.5 Å². The average molecular weight is 468 g/mol. The van der Waals surface area contributed by atoms with E-state index in [2.05, 4.69) is 24.1 Å². The second-order valence-electron chi connectivity index (χ2n) is 9.25. The fraction of sp³-hybridized carbons (Fsp3) is 0.696. The van der Waals surface area contributed by atoms with Crippen LogP contribution in [0.5, 0.6) is 0 Å². The van der Waals surface area contributed by atoms with E-state index in [1.54, 1.807) is 12.1 Å². The average Bonchev–Trinajstić information content (AvgIpc) is 2.76. The third-order valence-corrected chi connectivity index (χ3v) is 7.79. The van der Waals surface area contributed by atoms with E-state index in [-0.39, 0.29) is 29.1 Å². The number of carbonyl (C=O) groups excluding carboxylic acids is 1. The van der Waals surface area contributed by atoms with Gasteiger partial charge in [-0.15, -0.1) is 0 Å². The number of nitrogens with zero attached hydrogens (tertiary/aromatic N) is 2. The number of hydrogen-bond acceptors (Lipinski definition) is 6. The van der Waals surface area contributed by atoms with Crippen LogP contribution in [0.25, 0.3) is 0 Å². The summed E-state index contributed by atoms with van der Waals surface area (Å²) in [6, 6.07) is 6.46. The van der Waals surface area contributed by atoms with E-state index in [9.17, 15) is 13.2 Å². The quantitative estimate of drug-likeness (QED) is 0.629. The molecule has 2 fully saturated rings. The fourth-order valence-corrected chi connectivity index (χ4v) is 6.01. The summed E-state index contributed by atoms with van der Waals surface area (Å²) in [4.78, 5) is 15.3. The minimum Gasteiger partial charge on any atom is -0.379 e. The topological polar surface area (TPSA) is 88.2 Å². The van der Waals surface area contributed by atoms with Crippen molar-refractivity contribution in [1.82, 2.24) is 14.5 Å². The molecule has 32 heavy (non-hydrogen) atoms. The lowest BCUT2D eigenvalue weighted by atomic mass is 10.0. The van der Waals surface area contributed by atoms with Crippen molar-refractivity contribution in [3.05, 3.63) is 29.8 Å². The van der Waals surface area contributed by atoms with Crippen molar-refractivity contribution in [2.45, 2.75) is 57.3 Å². The van der Waals surface area contributed by atoms with Gasteiger partial charge in [0.2, 0.25) is 10.0 Å². The summed E-state index contributed by atoms with van der Waals surface area (Å²) in [6.45, 7) is 12.5. The van der Waals surface area contributed by atoms with E-state index in [1.165, 1.54) is 16.4 Å². The minimum absolute atomic E-state index is 0.149. The number of benzene rings is 1. The van der Waals surface area contributed by atoms with Gasteiger partial charge in [0.1, 0.15) is 0 Å². The number of morpholine rings is 2. The van der Waals surface area contributed by atoms with Crippen molar-refractivity contribution in [3.8, 4) is 0 Å². The highest BCUT2D eigenvalue weighted by Gasteiger charge is 2.32. The Morgan fingerprint density at radius 2 is 1.69 bits per heavy atom. The van der Waals surface area contributed by atoms with Gasteiger partial charge in [-0.1, -0.05) is 13.8 Å². The highest BCUT2D eigenvalue weighted by Crippen LogP contribution is 2.21. The summed E-state index contributed by atoms with van der Waals surface area (Å²) in [5.41, 5.74) is 0.456. The summed E-state index contributed by atoms with van der Waals surface area (Å²) in [7, 11) is -3.62. The van der Waals surface area contributed by atoms with Gasteiger partial charge < -0.3 is 14.8 Å². The first-order valence-corrected chi connectivity index (χ1v) is 13.0. The second-order valence-corrected chi connectivity index (χ2v) is 11.2. The van der Waals surface area contributed by atoms with Crippen LogP contribution in [-0.2, 0) is 19.5 Å². The molecule has 0 bridgehead atoms. The lowest BCUT2D eigenvalue weighted by Gasteiger charge is -2.35. The Labute approximate surface area is 192 Å². The number of nitrogens with one attached hydrogen (secondary N) is 1. The molecule has 1 amide bonds. The van der Waals surface area contributed by atoms with E-state index < -0.39 is 10.0 Å². The fourth-order valence-electron chi connectivity index (χ4n) is 4.42. The van der Waals surface area contributed by atoms with Gasteiger partial charge in [0.15, 0.2) is 0 Å². The Kier molecular flexibility index (Phi) is 8.68.